The van der Waals surface area contributed by atoms with Crippen LogP contribution in [0.25, 0.3) is 10.6 Å². The second-order valence-corrected chi connectivity index (χ2v) is 5.87. The van der Waals surface area contributed by atoms with E-state index in [9.17, 15) is 9.59 Å². The number of aromatic nitrogens is 2. The maximum atomic E-state index is 11.8. The quantitative estimate of drug-likeness (QED) is 0.726. The fourth-order valence-corrected chi connectivity index (χ4v) is 2.77. The number of rotatable bonds is 6. The Morgan fingerprint density at radius 1 is 1.35 bits per heavy atom. The van der Waals surface area contributed by atoms with Crippen molar-refractivity contribution in [3.05, 3.63) is 63.8 Å². The Morgan fingerprint density at radius 2 is 2.26 bits per heavy atom. The summed E-state index contributed by atoms with van der Waals surface area (Å²) < 4.78 is 5.73. The van der Waals surface area contributed by atoms with E-state index < -0.39 is 0 Å². The minimum absolute atomic E-state index is 0.110. The van der Waals surface area contributed by atoms with Crippen LogP contribution in [0.3, 0.4) is 0 Å². The second kappa shape index (κ2) is 7.06. The van der Waals surface area contributed by atoms with Crippen LogP contribution in [0, 0.1) is 0 Å². The molecule has 0 aliphatic carbocycles. The molecule has 0 aliphatic rings. The molecule has 0 unspecified atom stereocenters. The average molecular weight is 329 g/mol. The summed E-state index contributed by atoms with van der Waals surface area (Å²) in [4.78, 5) is 30.4. The van der Waals surface area contributed by atoms with Gasteiger partial charge in [-0.25, -0.2) is 4.98 Å². The molecule has 0 aromatic carbocycles. The minimum Gasteiger partial charge on any atom is -0.460 e. The normalized spacial score (nSPS) is 10.6. The number of hydrogen-bond acceptors (Lipinski definition) is 5. The highest BCUT2D eigenvalue weighted by molar-refractivity contribution is 7.13. The van der Waals surface area contributed by atoms with Crippen LogP contribution in [0.5, 0.6) is 0 Å². The molecule has 3 heterocycles. The number of furan rings is 1. The summed E-state index contributed by atoms with van der Waals surface area (Å²) in [7, 11) is 0. The lowest BCUT2D eigenvalue weighted by atomic mass is 10.2. The first kappa shape index (κ1) is 15.2. The molecule has 0 fully saturated rings. The van der Waals surface area contributed by atoms with E-state index in [-0.39, 0.29) is 18.0 Å². The van der Waals surface area contributed by atoms with E-state index in [1.165, 1.54) is 12.4 Å². The van der Waals surface area contributed by atoms with Gasteiger partial charge >= 0.3 is 0 Å². The summed E-state index contributed by atoms with van der Waals surface area (Å²) in [5.41, 5.74) is 0.293. The SMILES string of the molecule is O=C(CCc1ccc(-c2cccs2)o1)NCc1cc(=O)[nH]cn1. The monoisotopic (exact) mass is 329 g/mol. The van der Waals surface area contributed by atoms with E-state index in [4.69, 9.17) is 4.42 Å². The Hall–Kier alpha value is -2.67. The van der Waals surface area contributed by atoms with Gasteiger partial charge in [-0.05, 0) is 23.6 Å². The largest absolute Gasteiger partial charge is 0.460 e. The summed E-state index contributed by atoms with van der Waals surface area (Å²) in [6.07, 6.45) is 2.17. The van der Waals surface area contributed by atoms with Crippen molar-refractivity contribution in [3.8, 4) is 10.6 Å². The number of aryl methyl sites for hydroxylation is 1. The smallest absolute Gasteiger partial charge is 0.250 e. The third kappa shape index (κ3) is 4.17. The zero-order chi connectivity index (χ0) is 16.1. The maximum Gasteiger partial charge on any atom is 0.250 e. The zero-order valence-corrected chi connectivity index (χ0v) is 13.1. The second-order valence-electron chi connectivity index (χ2n) is 4.92. The van der Waals surface area contributed by atoms with Crippen molar-refractivity contribution in [2.75, 3.05) is 0 Å². The van der Waals surface area contributed by atoms with Gasteiger partial charge in [0, 0.05) is 18.9 Å². The Morgan fingerprint density at radius 3 is 3.04 bits per heavy atom. The van der Waals surface area contributed by atoms with Crippen molar-refractivity contribution in [1.82, 2.24) is 15.3 Å². The number of thiophene rings is 1. The molecule has 0 atom stereocenters. The highest BCUT2D eigenvalue weighted by atomic mass is 32.1. The molecule has 0 radical (unpaired) electrons. The third-order valence-corrected chi connectivity index (χ3v) is 4.11. The predicted molar refractivity (Wildman–Crippen MR) is 87.0 cm³/mol. The molecule has 3 rings (SSSR count). The number of nitrogens with one attached hydrogen (secondary N) is 2. The van der Waals surface area contributed by atoms with Gasteiger partial charge in [-0.2, -0.15) is 0 Å². The molecule has 0 spiro atoms. The molecule has 3 aromatic heterocycles. The molecule has 0 aliphatic heterocycles. The molecule has 23 heavy (non-hydrogen) atoms. The molecule has 7 heteroatoms. The maximum absolute atomic E-state index is 11.8. The molecule has 0 saturated carbocycles. The number of nitrogens with zero attached hydrogens (tertiary/aromatic N) is 1. The number of carbonyl (C=O) groups is 1. The van der Waals surface area contributed by atoms with E-state index in [0.29, 0.717) is 18.5 Å². The molecule has 118 valence electrons. The number of carbonyl (C=O) groups excluding carboxylic acids is 1. The first-order valence-electron chi connectivity index (χ1n) is 7.13. The molecule has 1 amide bonds. The number of hydrogen-bond donors (Lipinski definition) is 2. The van der Waals surface area contributed by atoms with Crippen molar-refractivity contribution in [2.45, 2.75) is 19.4 Å². The van der Waals surface area contributed by atoms with Crippen molar-refractivity contribution >= 4 is 17.2 Å². The van der Waals surface area contributed by atoms with Crippen LogP contribution in [0.1, 0.15) is 17.9 Å². The lowest BCUT2D eigenvalue weighted by molar-refractivity contribution is -0.121. The molecular weight excluding hydrogens is 314 g/mol. The summed E-state index contributed by atoms with van der Waals surface area (Å²) in [6, 6.07) is 9.13. The Balaban J connectivity index is 1.48. The van der Waals surface area contributed by atoms with Crippen molar-refractivity contribution in [1.29, 1.82) is 0 Å². The van der Waals surface area contributed by atoms with Gasteiger partial charge in [0.05, 0.1) is 23.4 Å². The first-order valence-corrected chi connectivity index (χ1v) is 8.01. The van der Waals surface area contributed by atoms with Gasteiger partial charge in [0.2, 0.25) is 5.91 Å². The lowest BCUT2D eigenvalue weighted by Crippen LogP contribution is -2.24. The van der Waals surface area contributed by atoms with Crippen molar-refractivity contribution in [2.24, 2.45) is 0 Å². The van der Waals surface area contributed by atoms with E-state index >= 15 is 0 Å². The van der Waals surface area contributed by atoms with Crippen LogP contribution in [-0.2, 0) is 17.8 Å². The summed E-state index contributed by atoms with van der Waals surface area (Å²) in [5.74, 6) is 1.49. The fraction of sp³-hybridized carbons (Fsp3) is 0.188. The summed E-state index contributed by atoms with van der Waals surface area (Å²) in [6.45, 7) is 0.237. The average Bonchev–Trinajstić information content (AvgIpc) is 3.22. The fourth-order valence-electron chi connectivity index (χ4n) is 2.08. The first-order chi connectivity index (χ1) is 11.2. The van der Waals surface area contributed by atoms with Gasteiger partial charge in [-0.1, -0.05) is 6.07 Å². The zero-order valence-electron chi connectivity index (χ0n) is 12.2. The van der Waals surface area contributed by atoms with Crippen LogP contribution in [-0.4, -0.2) is 15.9 Å². The number of H-pyrrole nitrogens is 1. The standard InChI is InChI=1S/C16H15N3O3S/c20-15(17-9-11-8-16(21)19-10-18-11)6-4-12-3-5-13(22-12)14-2-1-7-23-14/h1-3,5,7-8,10H,4,6,9H2,(H,17,20)(H,18,19,21). The molecular formula is C16H15N3O3S. The van der Waals surface area contributed by atoms with Crippen LogP contribution in [0.4, 0.5) is 0 Å². The lowest BCUT2D eigenvalue weighted by Gasteiger charge is -2.03. The molecule has 3 aromatic rings. The number of aromatic amines is 1. The van der Waals surface area contributed by atoms with Gasteiger partial charge in [-0.15, -0.1) is 11.3 Å². The topological polar surface area (TPSA) is 88.0 Å². The third-order valence-electron chi connectivity index (χ3n) is 3.23. The van der Waals surface area contributed by atoms with E-state index in [1.807, 2.05) is 29.6 Å². The van der Waals surface area contributed by atoms with Crippen molar-refractivity contribution in [3.63, 3.8) is 0 Å². The van der Waals surface area contributed by atoms with Gasteiger partial charge < -0.3 is 14.7 Å². The van der Waals surface area contributed by atoms with Gasteiger partial charge in [0.1, 0.15) is 11.5 Å². The van der Waals surface area contributed by atoms with Gasteiger partial charge in [0.15, 0.2) is 0 Å². The van der Waals surface area contributed by atoms with Gasteiger partial charge in [0.25, 0.3) is 5.56 Å². The van der Waals surface area contributed by atoms with Crippen LogP contribution in [0.2, 0.25) is 0 Å². The van der Waals surface area contributed by atoms with E-state index in [0.717, 1.165) is 16.4 Å². The summed E-state index contributed by atoms with van der Waals surface area (Å²) >= 11 is 1.61. The Labute approximate surface area is 136 Å². The molecule has 2 N–H and O–H groups in total. The Kier molecular flexibility index (Phi) is 4.68. The highest BCUT2D eigenvalue weighted by Crippen LogP contribution is 2.26. The van der Waals surface area contributed by atoms with Gasteiger partial charge in [-0.3, -0.25) is 9.59 Å². The molecule has 6 nitrogen and oxygen atoms in total. The van der Waals surface area contributed by atoms with Crippen molar-refractivity contribution < 1.29 is 9.21 Å². The predicted octanol–water partition coefficient (Wildman–Crippen LogP) is 2.34. The number of amides is 1. The van der Waals surface area contributed by atoms with E-state index in [1.54, 1.807) is 11.3 Å². The minimum atomic E-state index is -0.235. The van der Waals surface area contributed by atoms with E-state index in [2.05, 4.69) is 15.3 Å². The van der Waals surface area contributed by atoms with Crippen LogP contribution >= 0.6 is 11.3 Å². The summed E-state index contributed by atoms with van der Waals surface area (Å²) in [5, 5.41) is 4.73. The Bertz CT molecular complexity index is 836. The molecule has 0 saturated heterocycles. The van der Waals surface area contributed by atoms with Crippen LogP contribution in [0.15, 0.2) is 51.3 Å². The highest BCUT2D eigenvalue weighted by Gasteiger charge is 2.08. The van der Waals surface area contributed by atoms with Crippen LogP contribution < -0.4 is 10.9 Å². The molecule has 0 bridgehead atoms.